The van der Waals surface area contributed by atoms with Crippen LogP contribution in [-0.4, -0.2) is 51.7 Å². The second kappa shape index (κ2) is 14.2. The summed E-state index contributed by atoms with van der Waals surface area (Å²) in [5.41, 5.74) is 1.93. The minimum absolute atomic E-state index is 0.00350. The van der Waals surface area contributed by atoms with Crippen molar-refractivity contribution in [1.29, 1.82) is 0 Å². The minimum Gasteiger partial charge on any atom is -0.393 e. The van der Waals surface area contributed by atoms with Gasteiger partial charge in [0.25, 0.3) is 0 Å². The van der Waals surface area contributed by atoms with Crippen molar-refractivity contribution in [3.8, 4) is 11.1 Å². The monoisotopic (exact) mass is 780 g/mol. The molecule has 9 atom stereocenters. The molecule has 1 aromatic heterocycles. The van der Waals surface area contributed by atoms with Gasteiger partial charge in [-0.1, -0.05) is 123 Å². The summed E-state index contributed by atoms with van der Waals surface area (Å²) in [6.45, 7) is 7.41. The Labute approximate surface area is 341 Å². The lowest BCUT2D eigenvalue weighted by molar-refractivity contribution is -0.174. The van der Waals surface area contributed by atoms with E-state index < -0.39 is 27.9 Å². The SMILES string of the molecule is C[C@@H](NC(=O)N(CCc1cccs1)C[C@]1(O)CC[C@H]2[C@]34C=C[C@@]5(C=C3C(=O)c3ccc(-c6ccccc6)cc3)CC(O)CC[C@]5(C)[C@H]4CC[C@@]21C)c1ccccc1. The molecule has 3 fully saturated rings. The van der Waals surface area contributed by atoms with E-state index in [4.69, 9.17) is 0 Å². The number of amides is 2. The van der Waals surface area contributed by atoms with Crippen LogP contribution in [0, 0.1) is 33.5 Å². The van der Waals surface area contributed by atoms with Crippen LogP contribution in [0.1, 0.15) is 92.6 Å². The summed E-state index contributed by atoms with van der Waals surface area (Å²) >= 11 is 1.69. The van der Waals surface area contributed by atoms with Gasteiger partial charge < -0.3 is 20.4 Å². The molecule has 2 bridgehead atoms. The number of hydrogen-bond donors (Lipinski definition) is 3. The fourth-order valence-corrected chi connectivity index (χ4v) is 13.3. The lowest BCUT2D eigenvalue weighted by atomic mass is 9.32. The van der Waals surface area contributed by atoms with Crippen molar-refractivity contribution in [1.82, 2.24) is 10.2 Å². The maximum Gasteiger partial charge on any atom is 0.317 e. The Morgan fingerprint density at radius 3 is 2.21 bits per heavy atom. The molecule has 57 heavy (non-hydrogen) atoms. The van der Waals surface area contributed by atoms with Gasteiger partial charge in [0.05, 0.1) is 24.3 Å². The predicted octanol–water partition coefficient (Wildman–Crippen LogP) is 10.2. The molecule has 0 saturated heterocycles. The van der Waals surface area contributed by atoms with E-state index >= 15 is 4.79 Å². The van der Waals surface area contributed by atoms with Gasteiger partial charge in [-0.15, -0.1) is 11.3 Å². The molecule has 3 N–H and O–H groups in total. The predicted molar refractivity (Wildman–Crippen MR) is 228 cm³/mol. The van der Waals surface area contributed by atoms with Gasteiger partial charge in [-0.05, 0) is 104 Å². The summed E-state index contributed by atoms with van der Waals surface area (Å²) in [5, 5.41) is 29.7. The Bertz CT molecular complexity index is 2190. The fourth-order valence-electron chi connectivity index (χ4n) is 12.6. The molecule has 296 valence electrons. The van der Waals surface area contributed by atoms with E-state index in [1.807, 2.05) is 78.6 Å². The molecule has 0 aliphatic heterocycles. The number of benzene rings is 3. The summed E-state index contributed by atoms with van der Waals surface area (Å²) in [6, 6.07) is 32.1. The van der Waals surface area contributed by atoms with Crippen LogP contribution in [0.3, 0.4) is 0 Å². The number of carbonyl (C=O) groups excluding carboxylic acids is 2. The second-order valence-corrected chi connectivity index (χ2v) is 19.4. The van der Waals surface area contributed by atoms with Gasteiger partial charge in [-0.3, -0.25) is 4.79 Å². The molecule has 6 aliphatic rings. The summed E-state index contributed by atoms with van der Waals surface area (Å²) in [5.74, 6) is 0.244. The van der Waals surface area contributed by atoms with Crippen molar-refractivity contribution in [2.24, 2.45) is 33.5 Å². The third kappa shape index (κ3) is 6.02. The zero-order valence-corrected chi connectivity index (χ0v) is 34.3. The van der Waals surface area contributed by atoms with Crippen LogP contribution in [-0.2, 0) is 6.42 Å². The zero-order chi connectivity index (χ0) is 39.6. The third-order valence-electron chi connectivity index (χ3n) is 15.8. The van der Waals surface area contributed by atoms with Crippen molar-refractivity contribution < 1.29 is 19.8 Å². The topological polar surface area (TPSA) is 89.9 Å². The molecule has 2 amide bonds. The van der Waals surface area contributed by atoms with E-state index in [-0.39, 0.29) is 41.7 Å². The van der Waals surface area contributed by atoms with Gasteiger partial charge in [0.15, 0.2) is 5.78 Å². The fraction of sp³-hybridized carbons (Fsp3) is 0.440. The molecule has 2 spiro atoms. The number of carbonyl (C=O) groups is 2. The van der Waals surface area contributed by atoms with E-state index in [9.17, 15) is 15.0 Å². The molecule has 1 unspecified atom stereocenters. The van der Waals surface area contributed by atoms with Gasteiger partial charge in [0, 0.05) is 38.8 Å². The Hall–Kier alpha value is -4.30. The first-order valence-corrected chi connectivity index (χ1v) is 22.0. The van der Waals surface area contributed by atoms with Gasteiger partial charge in [-0.25, -0.2) is 4.79 Å². The molecule has 3 aromatic carbocycles. The number of thiophene rings is 1. The quantitative estimate of drug-likeness (QED) is 0.110. The number of Topliss-reactive ketones (excluding diaryl/α,β-unsaturated/α-hetero) is 1. The average Bonchev–Trinajstić information content (AvgIpc) is 3.85. The van der Waals surface area contributed by atoms with Gasteiger partial charge >= 0.3 is 6.03 Å². The molecular weight excluding hydrogens is 725 g/mol. The number of allylic oxidation sites excluding steroid dienone is 4. The lowest BCUT2D eigenvalue weighted by Gasteiger charge is -2.71. The summed E-state index contributed by atoms with van der Waals surface area (Å²) in [4.78, 5) is 32.6. The van der Waals surface area contributed by atoms with Crippen molar-refractivity contribution in [3.05, 3.63) is 142 Å². The number of hydrogen-bond acceptors (Lipinski definition) is 5. The number of aliphatic hydroxyl groups is 2. The highest BCUT2D eigenvalue weighted by Crippen LogP contribution is 2.78. The summed E-state index contributed by atoms with van der Waals surface area (Å²) in [6.07, 6.45) is 12.6. The van der Waals surface area contributed by atoms with Crippen LogP contribution in [0.5, 0.6) is 0 Å². The van der Waals surface area contributed by atoms with Crippen molar-refractivity contribution in [3.63, 3.8) is 0 Å². The van der Waals surface area contributed by atoms with E-state index in [0.717, 1.165) is 54.4 Å². The Morgan fingerprint density at radius 1 is 0.825 bits per heavy atom. The van der Waals surface area contributed by atoms with Crippen molar-refractivity contribution >= 4 is 23.2 Å². The Balaban J connectivity index is 1.07. The van der Waals surface area contributed by atoms with E-state index in [1.165, 1.54) is 4.88 Å². The highest BCUT2D eigenvalue weighted by molar-refractivity contribution is 7.09. The lowest BCUT2D eigenvalue weighted by Crippen LogP contribution is -2.67. The molecule has 3 saturated carbocycles. The van der Waals surface area contributed by atoms with Crippen LogP contribution in [0.2, 0.25) is 0 Å². The average molecular weight is 781 g/mol. The highest BCUT2D eigenvalue weighted by Gasteiger charge is 2.74. The number of ketones is 1. The molecular formula is C50H56N2O4S. The third-order valence-corrected chi connectivity index (χ3v) is 16.7. The van der Waals surface area contributed by atoms with Crippen LogP contribution >= 0.6 is 11.3 Å². The van der Waals surface area contributed by atoms with E-state index in [2.05, 4.69) is 73.1 Å². The standard InChI is InChI=1S/C50H56N2O4S/c1-34(35-11-6-4-7-12-35)51-45(55)52(29-23-40-15-10-30-57-40)33-49(56)26-22-43-47(49,3)25-21-42-46(2)24-20-39(53)31-48(46)27-28-50(42,43)41(32-48)44(54)38-18-16-37(17-19-38)36-13-8-5-9-14-36/h4-19,27-28,30,32,34,39,42-43,53,56H,20-26,29,31,33H2,1-3H3,(H,51,55)/t34-,39?,42-,43-,46-,47+,48+,49-,50-/m1/s1. The summed E-state index contributed by atoms with van der Waals surface area (Å²) in [7, 11) is 0. The molecule has 1 heterocycles. The van der Waals surface area contributed by atoms with Gasteiger partial charge in [-0.2, -0.15) is 0 Å². The van der Waals surface area contributed by atoms with Crippen molar-refractivity contribution in [2.45, 2.75) is 89.9 Å². The molecule has 4 aromatic rings. The maximum absolute atomic E-state index is 15.2. The van der Waals surface area contributed by atoms with E-state index in [1.54, 1.807) is 11.3 Å². The van der Waals surface area contributed by atoms with Gasteiger partial charge in [0.1, 0.15) is 0 Å². The van der Waals surface area contributed by atoms with Crippen LogP contribution in [0.25, 0.3) is 11.1 Å². The number of rotatable bonds is 10. The van der Waals surface area contributed by atoms with Crippen LogP contribution in [0.4, 0.5) is 4.79 Å². The molecule has 0 radical (unpaired) electrons. The molecule has 10 rings (SSSR count). The number of fused-ring (bicyclic) bond motifs is 1. The summed E-state index contributed by atoms with van der Waals surface area (Å²) < 4.78 is 0. The van der Waals surface area contributed by atoms with Crippen LogP contribution in [0.15, 0.2) is 126 Å². The number of nitrogens with zero attached hydrogens (tertiary/aromatic N) is 1. The largest absolute Gasteiger partial charge is 0.393 e. The first-order valence-electron chi connectivity index (χ1n) is 21.1. The molecule has 6 aliphatic carbocycles. The van der Waals surface area contributed by atoms with Crippen molar-refractivity contribution in [2.75, 3.05) is 13.1 Å². The number of aliphatic hydroxyl groups excluding tert-OH is 1. The van der Waals surface area contributed by atoms with E-state index in [0.29, 0.717) is 31.4 Å². The highest BCUT2D eigenvalue weighted by atomic mass is 32.1. The van der Waals surface area contributed by atoms with Crippen LogP contribution < -0.4 is 5.32 Å². The first kappa shape index (κ1) is 38.2. The zero-order valence-electron chi connectivity index (χ0n) is 33.5. The number of urea groups is 1. The van der Waals surface area contributed by atoms with Gasteiger partial charge in [0.2, 0.25) is 0 Å². The number of nitrogens with one attached hydrogen (secondary N) is 1. The minimum atomic E-state index is -1.16. The Kier molecular flexibility index (Phi) is 9.53. The molecule has 6 nitrogen and oxygen atoms in total. The first-order chi connectivity index (χ1) is 27.4. The maximum atomic E-state index is 15.2. The normalized spacial score (nSPS) is 34.1. The Morgan fingerprint density at radius 2 is 1.49 bits per heavy atom. The second-order valence-electron chi connectivity index (χ2n) is 18.4. The molecule has 7 heteroatoms. The smallest absolute Gasteiger partial charge is 0.317 e.